The molecule has 3 rings (SSSR count). The number of carbonyl (C=O) groups is 3. The van der Waals surface area contributed by atoms with Crippen LogP contribution in [0, 0.1) is 0 Å². The standard InChI is InChI=1S/C20H22N4O5S/c1-13(25)21-16-6-3-7-17(11-16)22-19(26)14-4-2-5-15(10-14)23-20(27)24-18-8-9-30(28,29)12-18/h2-7,10-11,18H,8-9,12H2,1H3,(H,21,25)(H,22,26)(H2,23,24,27). The highest BCUT2D eigenvalue weighted by Crippen LogP contribution is 2.18. The number of hydrogen-bond acceptors (Lipinski definition) is 5. The SMILES string of the molecule is CC(=O)Nc1cccc(NC(=O)c2cccc(NC(=O)NC3CCS(=O)(=O)C3)c2)c1. The van der Waals surface area contributed by atoms with Gasteiger partial charge in [-0.15, -0.1) is 0 Å². The van der Waals surface area contributed by atoms with Gasteiger partial charge in [-0.05, 0) is 42.8 Å². The third kappa shape index (κ3) is 6.05. The van der Waals surface area contributed by atoms with Crippen molar-refractivity contribution in [2.75, 3.05) is 27.5 Å². The molecule has 1 saturated heterocycles. The van der Waals surface area contributed by atoms with Gasteiger partial charge in [0.15, 0.2) is 9.84 Å². The van der Waals surface area contributed by atoms with Crippen LogP contribution in [0.25, 0.3) is 0 Å². The summed E-state index contributed by atoms with van der Waals surface area (Å²) in [5, 5.41) is 10.6. The lowest BCUT2D eigenvalue weighted by Crippen LogP contribution is -2.38. The molecule has 9 nitrogen and oxygen atoms in total. The molecule has 158 valence electrons. The van der Waals surface area contributed by atoms with E-state index in [0.29, 0.717) is 29.0 Å². The molecule has 0 aliphatic carbocycles. The summed E-state index contributed by atoms with van der Waals surface area (Å²) in [5.74, 6) is -0.608. The molecule has 1 heterocycles. The van der Waals surface area contributed by atoms with Gasteiger partial charge in [0.2, 0.25) is 5.91 Å². The van der Waals surface area contributed by atoms with Crippen molar-refractivity contribution in [1.82, 2.24) is 5.32 Å². The molecule has 1 unspecified atom stereocenters. The molecular weight excluding hydrogens is 408 g/mol. The molecule has 0 radical (unpaired) electrons. The molecule has 30 heavy (non-hydrogen) atoms. The van der Waals surface area contributed by atoms with Crippen LogP contribution in [0.3, 0.4) is 0 Å². The van der Waals surface area contributed by atoms with Crippen molar-refractivity contribution in [3.05, 3.63) is 54.1 Å². The Morgan fingerprint density at radius 3 is 2.17 bits per heavy atom. The number of amides is 4. The van der Waals surface area contributed by atoms with E-state index >= 15 is 0 Å². The van der Waals surface area contributed by atoms with Crippen molar-refractivity contribution in [1.29, 1.82) is 0 Å². The molecule has 0 saturated carbocycles. The summed E-state index contributed by atoms with van der Waals surface area (Å²) < 4.78 is 23.0. The average Bonchev–Trinajstić information content (AvgIpc) is 2.99. The molecule has 1 aliphatic rings. The van der Waals surface area contributed by atoms with Crippen molar-refractivity contribution in [2.24, 2.45) is 0 Å². The van der Waals surface area contributed by atoms with Gasteiger partial charge in [-0.25, -0.2) is 13.2 Å². The van der Waals surface area contributed by atoms with Crippen molar-refractivity contribution < 1.29 is 22.8 Å². The molecule has 2 aromatic carbocycles. The van der Waals surface area contributed by atoms with Crippen LogP contribution in [-0.4, -0.2) is 43.8 Å². The Balaban J connectivity index is 1.61. The van der Waals surface area contributed by atoms with Crippen molar-refractivity contribution in [3.8, 4) is 0 Å². The first-order valence-corrected chi connectivity index (χ1v) is 11.1. The maximum Gasteiger partial charge on any atom is 0.319 e. The first-order chi connectivity index (χ1) is 14.2. The molecule has 1 fully saturated rings. The van der Waals surface area contributed by atoms with Crippen LogP contribution < -0.4 is 21.3 Å². The molecule has 2 aromatic rings. The van der Waals surface area contributed by atoms with E-state index in [9.17, 15) is 22.8 Å². The monoisotopic (exact) mass is 430 g/mol. The molecule has 0 aromatic heterocycles. The first kappa shape index (κ1) is 21.3. The van der Waals surface area contributed by atoms with Crippen LogP contribution in [-0.2, 0) is 14.6 Å². The van der Waals surface area contributed by atoms with E-state index in [1.54, 1.807) is 42.5 Å². The Kier molecular flexibility index (Phi) is 6.36. The van der Waals surface area contributed by atoms with Gasteiger partial charge in [-0.1, -0.05) is 12.1 Å². The van der Waals surface area contributed by atoms with Crippen LogP contribution in [0.5, 0.6) is 0 Å². The number of rotatable bonds is 5. The predicted molar refractivity (Wildman–Crippen MR) is 114 cm³/mol. The number of carbonyl (C=O) groups excluding carboxylic acids is 3. The van der Waals surface area contributed by atoms with Crippen LogP contribution in [0.15, 0.2) is 48.5 Å². The summed E-state index contributed by atoms with van der Waals surface area (Å²) >= 11 is 0. The number of anilines is 3. The van der Waals surface area contributed by atoms with Crippen LogP contribution >= 0.6 is 0 Å². The smallest absolute Gasteiger partial charge is 0.319 e. The topological polar surface area (TPSA) is 133 Å². The Labute approximate surface area is 174 Å². The maximum absolute atomic E-state index is 12.5. The first-order valence-electron chi connectivity index (χ1n) is 9.27. The fraction of sp³-hybridized carbons (Fsp3) is 0.250. The van der Waals surface area contributed by atoms with E-state index in [-0.39, 0.29) is 23.3 Å². The second kappa shape index (κ2) is 8.95. The van der Waals surface area contributed by atoms with Gasteiger partial charge in [0, 0.05) is 35.6 Å². The number of nitrogens with one attached hydrogen (secondary N) is 4. The molecular formula is C20H22N4O5S. The molecule has 0 bridgehead atoms. The van der Waals surface area contributed by atoms with Crippen molar-refractivity contribution >= 4 is 44.7 Å². The molecule has 4 N–H and O–H groups in total. The van der Waals surface area contributed by atoms with Gasteiger partial charge < -0.3 is 21.3 Å². The number of urea groups is 1. The summed E-state index contributed by atoms with van der Waals surface area (Å²) in [6.07, 6.45) is 0.385. The van der Waals surface area contributed by atoms with Crippen LogP contribution in [0.4, 0.5) is 21.9 Å². The minimum Gasteiger partial charge on any atom is -0.334 e. The average molecular weight is 430 g/mol. The Morgan fingerprint density at radius 1 is 0.900 bits per heavy atom. The Bertz CT molecular complexity index is 1080. The van der Waals surface area contributed by atoms with Crippen LogP contribution in [0.1, 0.15) is 23.7 Å². The van der Waals surface area contributed by atoms with Crippen molar-refractivity contribution in [3.63, 3.8) is 0 Å². The predicted octanol–water partition coefficient (Wildman–Crippen LogP) is 2.21. The van der Waals surface area contributed by atoms with Gasteiger partial charge in [0.05, 0.1) is 11.5 Å². The lowest BCUT2D eigenvalue weighted by Gasteiger charge is -2.13. The lowest BCUT2D eigenvalue weighted by molar-refractivity contribution is -0.114. The Hall–Kier alpha value is -3.40. The molecule has 1 atom stereocenters. The third-order valence-corrected chi connectivity index (χ3v) is 6.16. The van der Waals surface area contributed by atoms with E-state index in [1.807, 2.05) is 0 Å². The summed E-state index contributed by atoms with van der Waals surface area (Å²) in [7, 11) is -3.09. The zero-order valence-corrected chi connectivity index (χ0v) is 17.1. The van der Waals surface area contributed by atoms with E-state index in [1.165, 1.54) is 13.0 Å². The number of hydrogen-bond donors (Lipinski definition) is 4. The highest BCUT2D eigenvalue weighted by molar-refractivity contribution is 7.91. The summed E-state index contributed by atoms with van der Waals surface area (Å²) in [4.78, 5) is 35.8. The molecule has 4 amide bonds. The normalized spacial score (nSPS) is 17.0. The highest BCUT2D eigenvalue weighted by Gasteiger charge is 2.28. The van der Waals surface area contributed by atoms with E-state index in [4.69, 9.17) is 0 Å². The quantitative estimate of drug-likeness (QED) is 0.577. The van der Waals surface area contributed by atoms with Gasteiger partial charge >= 0.3 is 6.03 Å². The van der Waals surface area contributed by atoms with E-state index < -0.39 is 21.9 Å². The lowest BCUT2D eigenvalue weighted by atomic mass is 10.1. The van der Waals surface area contributed by atoms with E-state index in [0.717, 1.165) is 0 Å². The minimum atomic E-state index is -3.09. The summed E-state index contributed by atoms with van der Waals surface area (Å²) in [5.41, 5.74) is 1.78. The molecule has 10 heteroatoms. The van der Waals surface area contributed by atoms with Gasteiger partial charge in [-0.2, -0.15) is 0 Å². The largest absolute Gasteiger partial charge is 0.334 e. The molecule has 1 aliphatic heterocycles. The van der Waals surface area contributed by atoms with Gasteiger partial charge in [0.1, 0.15) is 0 Å². The summed E-state index contributed by atoms with van der Waals surface area (Å²) in [6.45, 7) is 1.39. The number of sulfone groups is 1. The van der Waals surface area contributed by atoms with Crippen molar-refractivity contribution in [2.45, 2.75) is 19.4 Å². The minimum absolute atomic E-state index is 0.0662. The third-order valence-electron chi connectivity index (χ3n) is 4.39. The van der Waals surface area contributed by atoms with Gasteiger partial charge in [0.25, 0.3) is 5.91 Å². The maximum atomic E-state index is 12.5. The second-order valence-electron chi connectivity index (χ2n) is 7.00. The second-order valence-corrected chi connectivity index (χ2v) is 9.22. The zero-order valence-electron chi connectivity index (χ0n) is 16.3. The fourth-order valence-electron chi connectivity index (χ4n) is 3.08. The summed E-state index contributed by atoms with van der Waals surface area (Å²) in [6, 6.07) is 12.1. The Morgan fingerprint density at radius 2 is 1.53 bits per heavy atom. The van der Waals surface area contributed by atoms with Crippen LogP contribution in [0.2, 0.25) is 0 Å². The molecule has 0 spiro atoms. The highest BCUT2D eigenvalue weighted by atomic mass is 32.2. The number of benzene rings is 2. The fourth-order valence-corrected chi connectivity index (χ4v) is 4.75. The zero-order chi connectivity index (χ0) is 21.7. The van der Waals surface area contributed by atoms with E-state index in [2.05, 4.69) is 21.3 Å². The van der Waals surface area contributed by atoms with Gasteiger partial charge in [-0.3, -0.25) is 9.59 Å².